The zero-order valence-electron chi connectivity index (χ0n) is 12.2. The first-order valence-electron chi connectivity index (χ1n) is 6.94. The van der Waals surface area contributed by atoms with E-state index in [9.17, 15) is 4.39 Å². The predicted octanol–water partition coefficient (Wildman–Crippen LogP) is 6.00. The average molecular weight is 335 g/mol. The van der Waals surface area contributed by atoms with E-state index in [2.05, 4.69) is 61.0 Å². The summed E-state index contributed by atoms with van der Waals surface area (Å²) in [5.41, 5.74) is 3.25. The first kappa shape index (κ1) is 15.2. The summed E-state index contributed by atoms with van der Waals surface area (Å²) in [7, 11) is 0. The second-order valence-corrected chi connectivity index (χ2v) is 6.66. The quantitative estimate of drug-likeness (QED) is 0.601. The molecule has 0 heterocycles. The molecule has 0 amide bonds. The Bertz CT molecular complexity index is 572. The predicted molar refractivity (Wildman–Crippen MR) is 86.9 cm³/mol. The maximum atomic E-state index is 13.8. The molecule has 106 valence electrons. The summed E-state index contributed by atoms with van der Waals surface area (Å²) in [4.78, 5) is -0.109. The highest BCUT2D eigenvalue weighted by molar-refractivity contribution is 9.09. The SMILES string of the molecule is CCC(C)(C)c1ccc(C(Br)c2ccccc2F)cc1. The van der Waals surface area contributed by atoms with Gasteiger partial charge < -0.3 is 0 Å². The maximum absolute atomic E-state index is 13.8. The second kappa shape index (κ2) is 6.09. The van der Waals surface area contributed by atoms with Crippen LogP contribution in [-0.4, -0.2) is 0 Å². The average Bonchev–Trinajstić information content (AvgIpc) is 2.47. The van der Waals surface area contributed by atoms with Gasteiger partial charge in [-0.3, -0.25) is 0 Å². The molecule has 0 fully saturated rings. The fourth-order valence-electron chi connectivity index (χ4n) is 2.17. The van der Waals surface area contributed by atoms with Crippen LogP contribution in [0.5, 0.6) is 0 Å². The highest BCUT2D eigenvalue weighted by atomic mass is 79.9. The Labute approximate surface area is 129 Å². The Morgan fingerprint density at radius 1 is 1.05 bits per heavy atom. The van der Waals surface area contributed by atoms with Gasteiger partial charge >= 0.3 is 0 Å². The van der Waals surface area contributed by atoms with Crippen molar-refractivity contribution in [2.75, 3.05) is 0 Å². The Morgan fingerprint density at radius 3 is 2.20 bits per heavy atom. The van der Waals surface area contributed by atoms with E-state index >= 15 is 0 Å². The van der Waals surface area contributed by atoms with Gasteiger partial charge in [0.1, 0.15) is 5.82 Å². The van der Waals surface area contributed by atoms with Crippen molar-refractivity contribution in [1.82, 2.24) is 0 Å². The molecule has 2 aromatic carbocycles. The van der Waals surface area contributed by atoms with Gasteiger partial charge in [-0.05, 0) is 29.0 Å². The standard InChI is InChI=1S/C18H20BrF/c1-4-18(2,3)14-11-9-13(10-12-14)17(19)15-7-5-6-8-16(15)20/h5-12,17H,4H2,1-3H3. The number of rotatable bonds is 4. The number of hydrogen-bond donors (Lipinski definition) is 0. The van der Waals surface area contributed by atoms with Crippen LogP contribution in [0.2, 0.25) is 0 Å². The summed E-state index contributed by atoms with van der Waals surface area (Å²) in [6.07, 6.45) is 1.09. The van der Waals surface area contributed by atoms with Crippen LogP contribution < -0.4 is 0 Å². The normalized spacial score (nSPS) is 13.2. The molecule has 0 aliphatic carbocycles. The van der Waals surface area contributed by atoms with Crippen LogP contribution in [0.4, 0.5) is 4.39 Å². The number of benzene rings is 2. The molecule has 0 spiro atoms. The third-order valence-corrected chi connectivity index (χ3v) is 5.07. The van der Waals surface area contributed by atoms with Gasteiger partial charge in [-0.1, -0.05) is 79.2 Å². The van der Waals surface area contributed by atoms with Crippen LogP contribution >= 0.6 is 15.9 Å². The minimum absolute atomic E-state index is 0.109. The Balaban J connectivity index is 2.29. The van der Waals surface area contributed by atoms with Crippen molar-refractivity contribution in [2.45, 2.75) is 37.4 Å². The minimum Gasteiger partial charge on any atom is -0.207 e. The fourth-order valence-corrected chi connectivity index (χ4v) is 2.84. The van der Waals surface area contributed by atoms with E-state index in [4.69, 9.17) is 0 Å². The summed E-state index contributed by atoms with van der Waals surface area (Å²) in [5, 5.41) is 0. The smallest absolute Gasteiger partial charge is 0.127 e. The molecular weight excluding hydrogens is 315 g/mol. The fraction of sp³-hybridized carbons (Fsp3) is 0.333. The van der Waals surface area contributed by atoms with Gasteiger partial charge in [0.2, 0.25) is 0 Å². The zero-order chi connectivity index (χ0) is 14.8. The van der Waals surface area contributed by atoms with E-state index in [0.717, 1.165) is 12.0 Å². The highest BCUT2D eigenvalue weighted by Gasteiger charge is 2.19. The number of hydrogen-bond acceptors (Lipinski definition) is 0. The lowest BCUT2D eigenvalue weighted by molar-refractivity contribution is 0.506. The maximum Gasteiger partial charge on any atom is 0.127 e. The molecule has 1 atom stereocenters. The van der Waals surface area contributed by atoms with Gasteiger partial charge in [0.25, 0.3) is 0 Å². The van der Waals surface area contributed by atoms with E-state index in [1.54, 1.807) is 6.07 Å². The van der Waals surface area contributed by atoms with Gasteiger partial charge in [0, 0.05) is 5.56 Å². The van der Waals surface area contributed by atoms with Crippen molar-refractivity contribution in [2.24, 2.45) is 0 Å². The van der Waals surface area contributed by atoms with E-state index < -0.39 is 0 Å². The molecule has 0 aliphatic rings. The lowest BCUT2D eigenvalue weighted by Gasteiger charge is -2.24. The van der Waals surface area contributed by atoms with Crippen molar-refractivity contribution in [1.29, 1.82) is 0 Å². The highest BCUT2D eigenvalue weighted by Crippen LogP contribution is 2.34. The summed E-state index contributed by atoms with van der Waals surface area (Å²) in [5.74, 6) is -0.174. The molecule has 20 heavy (non-hydrogen) atoms. The first-order chi connectivity index (χ1) is 9.45. The topological polar surface area (TPSA) is 0 Å². The second-order valence-electron chi connectivity index (χ2n) is 5.74. The van der Waals surface area contributed by atoms with Gasteiger partial charge in [-0.15, -0.1) is 0 Å². The van der Waals surface area contributed by atoms with Crippen LogP contribution in [-0.2, 0) is 5.41 Å². The largest absolute Gasteiger partial charge is 0.207 e. The Morgan fingerprint density at radius 2 is 1.65 bits per heavy atom. The van der Waals surface area contributed by atoms with Gasteiger partial charge in [0.15, 0.2) is 0 Å². The summed E-state index contributed by atoms with van der Waals surface area (Å²) in [6, 6.07) is 15.3. The molecule has 0 nitrogen and oxygen atoms in total. The lowest BCUT2D eigenvalue weighted by Crippen LogP contribution is -2.15. The van der Waals surface area contributed by atoms with Gasteiger partial charge in [0.05, 0.1) is 4.83 Å². The van der Waals surface area contributed by atoms with Crippen LogP contribution in [0.25, 0.3) is 0 Å². The van der Waals surface area contributed by atoms with E-state index in [1.807, 2.05) is 12.1 Å². The summed E-state index contributed by atoms with van der Waals surface area (Å²) < 4.78 is 13.8. The van der Waals surface area contributed by atoms with Crippen molar-refractivity contribution in [3.8, 4) is 0 Å². The molecule has 0 N–H and O–H groups in total. The van der Waals surface area contributed by atoms with Gasteiger partial charge in [-0.25, -0.2) is 4.39 Å². The van der Waals surface area contributed by atoms with Gasteiger partial charge in [-0.2, -0.15) is 0 Å². The molecule has 0 aliphatic heterocycles. The molecule has 0 aromatic heterocycles. The van der Waals surface area contributed by atoms with Crippen LogP contribution in [0, 0.1) is 5.82 Å². The molecule has 1 unspecified atom stereocenters. The minimum atomic E-state index is -0.174. The third-order valence-electron chi connectivity index (χ3n) is 4.05. The van der Waals surface area contributed by atoms with Crippen molar-refractivity contribution >= 4 is 15.9 Å². The lowest BCUT2D eigenvalue weighted by atomic mass is 9.82. The van der Waals surface area contributed by atoms with Crippen molar-refractivity contribution in [3.05, 3.63) is 71.0 Å². The number of halogens is 2. The zero-order valence-corrected chi connectivity index (χ0v) is 13.7. The molecule has 2 rings (SSSR count). The molecule has 0 bridgehead atoms. The Kier molecular flexibility index (Phi) is 4.64. The van der Waals surface area contributed by atoms with E-state index in [1.165, 1.54) is 11.6 Å². The summed E-state index contributed by atoms with van der Waals surface area (Å²) >= 11 is 3.60. The third kappa shape index (κ3) is 3.12. The molecular formula is C18H20BrF. The Hall–Kier alpha value is -1.15. The van der Waals surface area contributed by atoms with Crippen LogP contribution in [0.3, 0.4) is 0 Å². The molecule has 0 saturated carbocycles. The van der Waals surface area contributed by atoms with Crippen molar-refractivity contribution < 1.29 is 4.39 Å². The van der Waals surface area contributed by atoms with Crippen molar-refractivity contribution in [3.63, 3.8) is 0 Å². The molecule has 0 radical (unpaired) electrons. The van der Waals surface area contributed by atoms with Crippen LogP contribution in [0.15, 0.2) is 48.5 Å². The van der Waals surface area contributed by atoms with Crippen LogP contribution in [0.1, 0.15) is 48.7 Å². The molecule has 2 heteroatoms. The summed E-state index contributed by atoms with van der Waals surface area (Å²) in [6.45, 7) is 6.68. The molecule has 2 aromatic rings. The monoisotopic (exact) mass is 334 g/mol. The van der Waals surface area contributed by atoms with E-state index in [-0.39, 0.29) is 16.1 Å². The number of alkyl halides is 1. The first-order valence-corrected chi connectivity index (χ1v) is 7.86. The molecule has 0 saturated heterocycles. The van der Waals surface area contributed by atoms with E-state index in [0.29, 0.717) is 5.56 Å².